The molecule has 0 bridgehead atoms. The lowest BCUT2D eigenvalue weighted by Gasteiger charge is -2.29. The summed E-state index contributed by atoms with van der Waals surface area (Å²) >= 11 is 6.30. The highest BCUT2D eigenvalue weighted by atomic mass is 35.5. The van der Waals surface area contributed by atoms with Crippen molar-refractivity contribution in [3.63, 3.8) is 0 Å². The highest BCUT2D eigenvalue weighted by Crippen LogP contribution is 2.41. The molecule has 2 N–H and O–H groups in total. The van der Waals surface area contributed by atoms with E-state index in [9.17, 15) is 18.0 Å². The molecule has 9 heteroatoms. The zero-order chi connectivity index (χ0) is 18.8. The van der Waals surface area contributed by atoms with Crippen molar-refractivity contribution >= 4 is 36.0 Å². The lowest BCUT2D eigenvalue weighted by molar-refractivity contribution is -0.169. The van der Waals surface area contributed by atoms with Crippen LogP contribution >= 0.6 is 23.5 Å². The van der Waals surface area contributed by atoms with E-state index in [1.807, 2.05) is 14.1 Å². The van der Waals surface area contributed by atoms with Crippen LogP contribution in [0.5, 0.6) is 0 Å². The molecule has 0 fully saturated rings. The summed E-state index contributed by atoms with van der Waals surface area (Å²) in [5.74, 6) is 0. The van der Waals surface area contributed by atoms with Crippen molar-refractivity contribution in [3.05, 3.63) is 45.8 Å². The minimum atomic E-state index is -4.52. The van der Waals surface area contributed by atoms with Crippen LogP contribution in [-0.4, -0.2) is 44.1 Å². The number of hydrogen-bond donors (Lipinski definition) is 2. The molecule has 0 amide bonds. The van der Waals surface area contributed by atoms with Gasteiger partial charge in [-0.05, 0) is 56.9 Å². The lowest BCUT2D eigenvalue weighted by Crippen LogP contribution is -2.32. The van der Waals surface area contributed by atoms with Gasteiger partial charge in [-0.25, -0.2) is 4.31 Å². The first-order valence-corrected chi connectivity index (χ1v) is 7.83. The maximum Gasteiger partial charge on any atom is 0.408 e. The number of carbonyl (C=O) groups is 1. The largest absolute Gasteiger partial charge is 0.408 e. The Bertz CT molecular complexity index is 550. The second kappa shape index (κ2) is 11.2. The topological polar surface area (TPSA) is 56.2 Å². The Morgan fingerprint density at radius 2 is 1.83 bits per heavy atom. The van der Waals surface area contributed by atoms with Gasteiger partial charge in [0.2, 0.25) is 0 Å². The Labute approximate surface area is 148 Å². The van der Waals surface area contributed by atoms with Crippen LogP contribution in [0.2, 0.25) is 5.02 Å². The third-order valence-corrected chi connectivity index (χ3v) is 3.67. The van der Waals surface area contributed by atoms with Crippen molar-refractivity contribution in [2.75, 3.05) is 21.1 Å². The molecule has 0 saturated carbocycles. The van der Waals surface area contributed by atoms with E-state index in [1.165, 1.54) is 31.3 Å². The van der Waals surface area contributed by atoms with E-state index in [0.29, 0.717) is 23.3 Å². The van der Waals surface area contributed by atoms with E-state index in [1.54, 1.807) is 0 Å². The van der Waals surface area contributed by atoms with E-state index >= 15 is 0 Å². The van der Waals surface area contributed by atoms with Gasteiger partial charge in [0.25, 0.3) is 0 Å². The molecule has 0 saturated heterocycles. The minimum Gasteiger partial charge on any atom is -0.323 e. The molecule has 0 aliphatic rings. The van der Waals surface area contributed by atoms with Crippen LogP contribution in [0.15, 0.2) is 35.2 Å². The van der Waals surface area contributed by atoms with Crippen molar-refractivity contribution in [2.45, 2.75) is 12.2 Å². The average molecular weight is 382 g/mol. The summed E-state index contributed by atoms with van der Waals surface area (Å²) in [6.07, 6.45) is -2.14. The summed E-state index contributed by atoms with van der Waals surface area (Å²) in [4.78, 5) is 10.8. The van der Waals surface area contributed by atoms with Crippen LogP contribution in [-0.2, 0) is 4.79 Å². The molecule has 1 aromatic carbocycles. The maximum absolute atomic E-state index is 13.3. The summed E-state index contributed by atoms with van der Waals surface area (Å²) in [5, 5.41) is 9.96. The van der Waals surface area contributed by atoms with Crippen LogP contribution in [0.1, 0.15) is 11.6 Å². The summed E-state index contributed by atoms with van der Waals surface area (Å²) in [7, 11) is 4.98. The van der Waals surface area contributed by atoms with Crippen LogP contribution in [0.3, 0.4) is 0 Å². The van der Waals surface area contributed by atoms with Gasteiger partial charge in [0.05, 0.1) is 4.91 Å². The molecule has 24 heavy (non-hydrogen) atoms. The van der Waals surface area contributed by atoms with Crippen LogP contribution in [0.25, 0.3) is 0 Å². The quantitative estimate of drug-likeness (QED) is 0.337. The predicted octanol–water partition coefficient (Wildman–Crippen LogP) is 4.09. The molecule has 0 aliphatic carbocycles. The van der Waals surface area contributed by atoms with Gasteiger partial charge in [0.1, 0.15) is 6.04 Å². The lowest BCUT2D eigenvalue weighted by atomic mass is 10.1. The Morgan fingerprint density at radius 1 is 1.33 bits per heavy atom. The molecule has 0 aliphatic heterocycles. The fourth-order valence-corrected chi connectivity index (χ4v) is 2.62. The number of allylic oxidation sites excluding steroid dienone is 2. The molecule has 0 heterocycles. The molecule has 0 aromatic heterocycles. The fourth-order valence-electron chi connectivity index (χ4n) is 1.64. The molecule has 134 valence electrons. The first-order chi connectivity index (χ1) is 11.2. The van der Waals surface area contributed by atoms with Gasteiger partial charge < -0.3 is 10.7 Å². The van der Waals surface area contributed by atoms with Gasteiger partial charge in [-0.1, -0.05) is 23.7 Å². The predicted molar refractivity (Wildman–Crippen MR) is 93.5 cm³/mol. The van der Waals surface area contributed by atoms with E-state index in [2.05, 4.69) is 5.32 Å². The molecular formula is C15H19ClF3N3OS. The van der Waals surface area contributed by atoms with Crippen LogP contribution in [0, 0.1) is 5.41 Å². The van der Waals surface area contributed by atoms with E-state index in [4.69, 9.17) is 17.0 Å². The van der Waals surface area contributed by atoms with Gasteiger partial charge in [0.15, 0.2) is 6.29 Å². The summed E-state index contributed by atoms with van der Waals surface area (Å²) in [6, 6.07) is 3.44. The van der Waals surface area contributed by atoms with Gasteiger partial charge in [-0.3, -0.25) is 4.79 Å². The highest BCUT2D eigenvalue weighted by Gasteiger charge is 2.44. The standard InChI is InChI=1S/C13H12ClF3N2OS.C2H7N/c1-19(21-11(8-20)6-7-18)12(13(15,16)17)9-2-4-10(14)5-3-9;1-3-2/h2-8,12,18H,1H3;3H,1-2H3/b11-6+,18-7?;/t12-;/m1./s1. The second-order valence-electron chi connectivity index (χ2n) is 4.49. The van der Waals surface area contributed by atoms with Crippen LogP contribution < -0.4 is 5.32 Å². The number of halogens is 4. The smallest absolute Gasteiger partial charge is 0.323 e. The zero-order valence-corrected chi connectivity index (χ0v) is 15.0. The number of nitrogens with one attached hydrogen (secondary N) is 2. The first kappa shape index (κ1) is 22.6. The van der Waals surface area contributed by atoms with Crippen molar-refractivity contribution < 1.29 is 18.0 Å². The van der Waals surface area contributed by atoms with Crippen LogP contribution in [0.4, 0.5) is 13.2 Å². The van der Waals surface area contributed by atoms with E-state index in [0.717, 1.165) is 16.6 Å². The molecule has 0 unspecified atom stereocenters. The maximum atomic E-state index is 13.3. The normalized spacial score (nSPS) is 13.1. The van der Waals surface area contributed by atoms with E-state index < -0.39 is 12.2 Å². The molecular weight excluding hydrogens is 363 g/mol. The number of rotatable bonds is 6. The van der Waals surface area contributed by atoms with E-state index in [-0.39, 0.29) is 10.5 Å². The number of carbonyl (C=O) groups excluding carboxylic acids is 1. The third-order valence-electron chi connectivity index (χ3n) is 2.47. The molecule has 4 nitrogen and oxygen atoms in total. The number of benzene rings is 1. The SMILES string of the molecule is CN(S/C(C=O)=C/C=N)[C@H](c1ccc(Cl)cc1)C(F)(F)F.CNC. The minimum absolute atomic E-state index is 0.00992. The highest BCUT2D eigenvalue weighted by molar-refractivity contribution is 8.01. The van der Waals surface area contributed by atoms with Crippen molar-refractivity contribution in [1.82, 2.24) is 9.62 Å². The van der Waals surface area contributed by atoms with Crippen molar-refractivity contribution in [2.24, 2.45) is 0 Å². The summed E-state index contributed by atoms with van der Waals surface area (Å²) < 4.78 is 40.7. The summed E-state index contributed by atoms with van der Waals surface area (Å²) in [6.45, 7) is 0. The molecule has 1 atom stereocenters. The first-order valence-electron chi connectivity index (χ1n) is 6.68. The Morgan fingerprint density at radius 3 is 2.21 bits per heavy atom. The molecule has 0 spiro atoms. The number of alkyl halides is 3. The van der Waals surface area contributed by atoms with Gasteiger partial charge in [0, 0.05) is 11.2 Å². The van der Waals surface area contributed by atoms with Crippen molar-refractivity contribution in [3.8, 4) is 0 Å². The zero-order valence-electron chi connectivity index (χ0n) is 13.4. The fraction of sp³-hybridized carbons (Fsp3) is 0.333. The summed E-state index contributed by atoms with van der Waals surface area (Å²) in [5.41, 5.74) is 0.0157. The Balaban J connectivity index is 0.00000163. The number of aldehydes is 1. The van der Waals surface area contributed by atoms with Gasteiger partial charge in [-0.15, -0.1) is 0 Å². The molecule has 1 rings (SSSR count). The number of nitrogens with zero attached hydrogens (tertiary/aromatic N) is 1. The second-order valence-corrected chi connectivity index (χ2v) is 6.15. The van der Waals surface area contributed by atoms with Gasteiger partial charge in [-0.2, -0.15) is 13.2 Å². The molecule has 0 radical (unpaired) electrons. The average Bonchev–Trinajstić information content (AvgIpc) is 2.48. The third kappa shape index (κ3) is 7.96. The van der Waals surface area contributed by atoms with Gasteiger partial charge >= 0.3 is 6.18 Å². The monoisotopic (exact) mass is 381 g/mol. The Kier molecular flexibility index (Phi) is 10.6. The number of hydrogen-bond acceptors (Lipinski definition) is 5. The molecule has 1 aromatic rings. The van der Waals surface area contributed by atoms with Crippen molar-refractivity contribution in [1.29, 1.82) is 5.41 Å². The Hall–Kier alpha value is -1.35.